The summed E-state index contributed by atoms with van der Waals surface area (Å²) < 4.78 is 12.5. The molecule has 1 N–H and O–H groups in total. The largest absolute Gasteiger partial charge is 0.362 e. The van der Waals surface area contributed by atoms with Crippen LogP contribution in [-0.4, -0.2) is 4.98 Å². The van der Waals surface area contributed by atoms with E-state index in [0.717, 1.165) is 0 Å². The average Bonchev–Trinajstić information content (AvgIpc) is 2.18. The van der Waals surface area contributed by atoms with Crippen LogP contribution in [0.15, 0.2) is 24.9 Å². The van der Waals surface area contributed by atoms with Crippen LogP contribution in [0.5, 0.6) is 0 Å². The summed E-state index contributed by atoms with van der Waals surface area (Å²) in [5.74, 6) is -0.185. The van der Waals surface area contributed by atoms with Gasteiger partial charge in [0.1, 0.15) is 5.82 Å². The van der Waals surface area contributed by atoms with Gasteiger partial charge in [0.25, 0.3) is 0 Å². The van der Waals surface area contributed by atoms with Crippen LogP contribution >= 0.6 is 0 Å². The SMILES string of the molecule is C=CCc1[nH]ccc1F. The van der Waals surface area contributed by atoms with Crippen LogP contribution < -0.4 is 0 Å². The Morgan fingerprint density at radius 3 is 3.00 bits per heavy atom. The summed E-state index contributed by atoms with van der Waals surface area (Å²) in [4.78, 5) is 2.76. The molecule has 0 fully saturated rings. The highest BCUT2D eigenvalue weighted by atomic mass is 19.1. The Balaban J connectivity index is 2.80. The van der Waals surface area contributed by atoms with E-state index >= 15 is 0 Å². The molecule has 1 heterocycles. The lowest BCUT2D eigenvalue weighted by Crippen LogP contribution is -1.82. The van der Waals surface area contributed by atoms with Gasteiger partial charge in [0.15, 0.2) is 0 Å². The zero-order valence-corrected chi connectivity index (χ0v) is 5.02. The van der Waals surface area contributed by atoms with Crippen LogP contribution in [0.1, 0.15) is 5.69 Å². The van der Waals surface area contributed by atoms with Crippen LogP contribution in [0.2, 0.25) is 0 Å². The second kappa shape index (κ2) is 2.49. The monoisotopic (exact) mass is 125 g/mol. The van der Waals surface area contributed by atoms with Crippen molar-refractivity contribution in [1.82, 2.24) is 4.98 Å². The molecule has 0 bridgehead atoms. The van der Waals surface area contributed by atoms with E-state index in [1.165, 1.54) is 6.07 Å². The highest BCUT2D eigenvalue weighted by Gasteiger charge is 1.97. The fourth-order valence-corrected chi connectivity index (χ4v) is 0.686. The van der Waals surface area contributed by atoms with Crippen LogP contribution in [-0.2, 0) is 6.42 Å². The van der Waals surface area contributed by atoms with Gasteiger partial charge < -0.3 is 4.98 Å². The summed E-state index contributed by atoms with van der Waals surface area (Å²) in [6, 6.07) is 1.40. The second-order valence-corrected chi connectivity index (χ2v) is 1.80. The molecule has 0 aromatic carbocycles. The third-order valence-corrected chi connectivity index (χ3v) is 1.12. The summed E-state index contributed by atoms with van der Waals surface area (Å²) in [6.07, 6.45) is 3.81. The summed E-state index contributed by atoms with van der Waals surface area (Å²) >= 11 is 0. The van der Waals surface area contributed by atoms with Crippen molar-refractivity contribution in [3.8, 4) is 0 Å². The van der Waals surface area contributed by atoms with Crippen molar-refractivity contribution in [2.75, 3.05) is 0 Å². The van der Waals surface area contributed by atoms with Crippen LogP contribution in [0.25, 0.3) is 0 Å². The Kier molecular flexibility index (Phi) is 1.68. The van der Waals surface area contributed by atoms with E-state index in [1.54, 1.807) is 12.3 Å². The summed E-state index contributed by atoms with van der Waals surface area (Å²) in [7, 11) is 0. The molecule has 0 radical (unpaired) electrons. The fourth-order valence-electron chi connectivity index (χ4n) is 0.686. The van der Waals surface area contributed by atoms with Gasteiger partial charge in [0.2, 0.25) is 0 Å². The first-order chi connectivity index (χ1) is 4.34. The molecular weight excluding hydrogens is 117 g/mol. The maximum atomic E-state index is 12.5. The lowest BCUT2D eigenvalue weighted by molar-refractivity contribution is 0.615. The van der Waals surface area contributed by atoms with Gasteiger partial charge in [-0.25, -0.2) is 4.39 Å². The van der Waals surface area contributed by atoms with Crippen molar-refractivity contribution in [2.45, 2.75) is 6.42 Å². The fraction of sp³-hybridized carbons (Fsp3) is 0.143. The number of hydrogen-bond acceptors (Lipinski definition) is 0. The highest BCUT2D eigenvalue weighted by molar-refractivity contribution is 5.09. The molecule has 1 aromatic rings. The Labute approximate surface area is 53.2 Å². The summed E-state index contributed by atoms with van der Waals surface area (Å²) in [5.41, 5.74) is 0.602. The van der Waals surface area contributed by atoms with E-state index in [1.807, 2.05) is 0 Å². The first-order valence-electron chi connectivity index (χ1n) is 2.77. The Morgan fingerprint density at radius 1 is 1.78 bits per heavy atom. The second-order valence-electron chi connectivity index (χ2n) is 1.80. The van der Waals surface area contributed by atoms with Gasteiger partial charge in [-0.3, -0.25) is 0 Å². The lowest BCUT2D eigenvalue weighted by atomic mass is 10.3. The normalized spacial score (nSPS) is 9.44. The van der Waals surface area contributed by atoms with Crippen molar-refractivity contribution in [3.05, 3.63) is 36.4 Å². The zero-order valence-electron chi connectivity index (χ0n) is 5.02. The predicted molar refractivity (Wildman–Crippen MR) is 34.7 cm³/mol. The van der Waals surface area contributed by atoms with Crippen molar-refractivity contribution in [3.63, 3.8) is 0 Å². The molecule has 1 nitrogen and oxygen atoms in total. The smallest absolute Gasteiger partial charge is 0.144 e. The molecule has 1 aromatic heterocycles. The number of nitrogens with one attached hydrogen (secondary N) is 1. The topological polar surface area (TPSA) is 15.8 Å². The Hall–Kier alpha value is -1.05. The van der Waals surface area contributed by atoms with E-state index in [9.17, 15) is 4.39 Å². The predicted octanol–water partition coefficient (Wildman–Crippen LogP) is 1.88. The van der Waals surface area contributed by atoms with Gasteiger partial charge in [-0.1, -0.05) is 6.08 Å². The summed E-state index contributed by atoms with van der Waals surface area (Å²) in [5, 5.41) is 0. The maximum absolute atomic E-state index is 12.5. The third-order valence-electron chi connectivity index (χ3n) is 1.12. The van der Waals surface area contributed by atoms with Crippen molar-refractivity contribution >= 4 is 0 Å². The minimum absolute atomic E-state index is 0.185. The number of allylic oxidation sites excluding steroid dienone is 1. The minimum atomic E-state index is -0.185. The van der Waals surface area contributed by atoms with Crippen LogP contribution in [0.3, 0.4) is 0 Å². The van der Waals surface area contributed by atoms with E-state index in [4.69, 9.17) is 0 Å². The van der Waals surface area contributed by atoms with Crippen LogP contribution in [0, 0.1) is 5.82 Å². The average molecular weight is 125 g/mol. The quantitative estimate of drug-likeness (QED) is 0.581. The van der Waals surface area contributed by atoms with Crippen LogP contribution in [0.4, 0.5) is 4.39 Å². The van der Waals surface area contributed by atoms with Gasteiger partial charge in [-0.15, -0.1) is 6.58 Å². The number of rotatable bonds is 2. The van der Waals surface area contributed by atoms with E-state index < -0.39 is 0 Å². The lowest BCUT2D eigenvalue weighted by Gasteiger charge is -1.87. The number of aromatic amines is 1. The van der Waals surface area contributed by atoms with Gasteiger partial charge in [-0.2, -0.15) is 0 Å². The van der Waals surface area contributed by atoms with Crippen molar-refractivity contribution < 1.29 is 4.39 Å². The van der Waals surface area contributed by atoms with Crippen molar-refractivity contribution in [2.24, 2.45) is 0 Å². The molecule has 2 heteroatoms. The van der Waals surface area contributed by atoms with Crippen molar-refractivity contribution in [1.29, 1.82) is 0 Å². The van der Waals surface area contributed by atoms with Gasteiger partial charge in [0.05, 0.1) is 5.69 Å². The first kappa shape index (κ1) is 6.08. The highest BCUT2D eigenvalue weighted by Crippen LogP contribution is 2.03. The third kappa shape index (κ3) is 1.19. The molecule has 0 saturated carbocycles. The molecule has 48 valence electrons. The molecule has 0 unspecified atom stereocenters. The zero-order chi connectivity index (χ0) is 6.69. The van der Waals surface area contributed by atoms with Gasteiger partial charge in [-0.05, 0) is 6.07 Å². The molecule has 0 saturated heterocycles. The van der Waals surface area contributed by atoms with Gasteiger partial charge in [0, 0.05) is 12.6 Å². The molecule has 9 heavy (non-hydrogen) atoms. The summed E-state index contributed by atoms with van der Waals surface area (Å²) in [6.45, 7) is 3.49. The molecule has 0 atom stereocenters. The molecule has 0 spiro atoms. The molecule has 0 aliphatic rings. The minimum Gasteiger partial charge on any atom is -0.362 e. The molecule has 0 aliphatic heterocycles. The number of halogens is 1. The number of H-pyrrole nitrogens is 1. The Morgan fingerprint density at radius 2 is 2.56 bits per heavy atom. The molecule has 0 aliphatic carbocycles. The van der Waals surface area contributed by atoms with E-state index in [0.29, 0.717) is 12.1 Å². The number of aromatic nitrogens is 1. The maximum Gasteiger partial charge on any atom is 0.144 e. The Bertz CT molecular complexity index is 202. The van der Waals surface area contributed by atoms with E-state index in [-0.39, 0.29) is 5.82 Å². The molecular formula is C7H8FN. The van der Waals surface area contributed by atoms with Gasteiger partial charge >= 0.3 is 0 Å². The first-order valence-corrected chi connectivity index (χ1v) is 2.77. The molecule has 1 rings (SSSR count). The molecule has 0 amide bonds. The number of hydrogen-bond donors (Lipinski definition) is 1. The van der Waals surface area contributed by atoms with E-state index in [2.05, 4.69) is 11.6 Å². The standard InChI is InChI=1S/C7H8FN/c1-2-3-7-6(8)4-5-9-7/h2,4-5,9H,1,3H2.